The minimum absolute atomic E-state index is 0.712. The lowest BCUT2D eigenvalue weighted by molar-refractivity contribution is 0.498. The number of benzene rings is 1. The molecule has 2 rings (SSSR count). The van der Waals surface area contributed by atoms with E-state index in [0.29, 0.717) is 5.92 Å². The number of aryl methyl sites for hydroxylation is 1. The summed E-state index contributed by atoms with van der Waals surface area (Å²) in [4.78, 5) is 0. The van der Waals surface area contributed by atoms with Crippen molar-refractivity contribution in [1.82, 2.24) is 0 Å². The van der Waals surface area contributed by atoms with Crippen LogP contribution >= 0.6 is 0 Å². The van der Waals surface area contributed by atoms with Gasteiger partial charge in [-0.1, -0.05) is 43.7 Å². The molecule has 0 bridgehead atoms. The quantitative estimate of drug-likeness (QED) is 0.624. The van der Waals surface area contributed by atoms with E-state index in [1.165, 1.54) is 23.1 Å². The fourth-order valence-corrected chi connectivity index (χ4v) is 2.52. The molecule has 0 fully saturated rings. The molecule has 15 heavy (non-hydrogen) atoms. The molecule has 0 N–H and O–H groups in total. The van der Waals surface area contributed by atoms with Crippen molar-refractivity contribution < 1.29 is 0 Å². The van der Waals surface area contributed by atoms with E-state index in [1.807, 2.05) is 0 Å². The van der Waals surface area contributed by atoms with Crippen molar-refractivity contribution >= 4 is 5.57 Å². The Kier molecular flexibility index (Phi) is 2.68. The highest BCUT2D eigenvalue weighted by Gasteiger charge is 2.22. The summed E-state index contributed by atoms with van der Waals surface area (Å²) < 4.78 is 0. The van der Waals surface area contributed by atoms with Gasteiger partial charge < -0.3 is 0 Å². The molecule has 0 amide bonds. The number of rotatable bonds is 1. The van der Waals surface area contributed by atoms with Crippen molar-refractivity contribution in [2.75, 3.05) is 0 Å². The van der Waals surface area contributed by atoms with Crippen molar-refractivity contribution in [1.29, 1.82) is 0 Å². The maximum atomic E-state index is 2.39. The maximum absolute atomic E-state index is 2.39. The second-order valence-electron chi connectivity index (χ2n) is 5.06. The lowest BCUT2D eigenvalue weighted by Gasteiger charge is -2.27. The Morgan fingerprint density at radius 3 is 2.60 bits per heavy atom. The molecular weight excluding hydrogens is 180 g/mol. The normalized spacial score (nSPS) is 20.1. The molecule has 0 unspecified atom stereocenters. The summed E-state index contributed by atoms with van der Waals surface area (Å²) >= 11 is 0. The van der Waals surface area contributed by atoms with Gasteiger partial charge in [-0.2, -0.15) is 0 Å². The number of allylic oxidation sites excluding steroid dienone is 2. The molecule has 0 spiro atoms. The lowest BCUT2D eigenvalue weighted by Crippen LogP contribution is -2.12. The van der Waals surface area contributed by atoms with Crippen molar-refractivity contribution in [2.45, 2.75) is 40.0 Å². The van der Waals surface area contributed by atoms with Crippen molar-refractivity contribution in [3.05, 3.63) is 41.0 Å². The van der Waals surface area contributed by atoms with Crippen LogP contribution in [0, 0.1) is 12.8 Å². The average Bonchev–Trinajstić information content (AvgIpc) is 2.17. The van der Waals surface area contributed by atoms with Gasteiger partial charge in [-0.3, -0.25) is 0 Å². The van der Waals surface area contributed by atoms with Crippen LogP contribution in [0.5, 0.6) is 0 Å². The molecule has 1 aromatic rings. The van der Waals surface area contributed by atoms with Crippen LogP contribution in [0.25, 0.3) is 5.57 Å². The summed E-state index contributed by atoms with van der Waals surface area (Å²) in [7, 11) is 0. The maximum Gasteiger partial charge on any atom is -0.00980 e. The van der Waals surface area contributed by atoms with E-state index in [9.17, 15) is 0 Å². The molecule has 0 heteroatoms. The lowest BCUT2D eigenvalue weighted by atomic mass is 9.77. The molecule has 0 nitrogen and oxygen atoms in total. The van der Waals surface area contributed by atoms with Crippen LogP contribution in [0.1, 0.15) is 49.8 Å². The van der Waals surface area contributed by atoms with Gasteiger partial charge in [0.05, 0.1) is 0 Å². The summed E-state index contributed by atoms with van der Waals surface area (Å²) in [5, 5.41) is 0. The van der Waals surface area contributed by atoms with Crippen molar-refractivity contribution in [3.63, 3.8) is 0 Å². The topological polar surface area (TPSA) is 0 Å². The fraction of sp³-hybridized carbons (Fsp3) is 0.467. The molecule has 0 aromatic heterocycles. The van der Waals surface area contributed by atoms with E-state index in [2.05, 4.69) is 52.0 Å². The monoisotopic (exact) mass is 200 g/mol. The number of hydrogen-bond acceptors (Lipinski definition) is 0. The molecule has 0 aliphatic heterocycles. The van der Waals surface area contributed by atoms with Crippen LogP contribution in [0.4, 0.5) is 0 Å². The molecule has 1 atom stereocenters. The second-order valence-corrected chi connectivity index (χ2v) is 5.06. The third-order valence-corrected chi connectivity index (χ3v) is 3.51. The van der Waals surface area contributed by atoms with Crippen LogP contribution in [-0.4, -0.2) is 0 Å². The molecule has 1 aliphatic carbocycles. The SMILES string of the molecule is CC1=CC[C@@H](C(C)C)c2cc(C)ccc21. The Hall–Kier alpha value is -1.04. The summed E-state index contributed by atoms with van der Waals surface area (Å²) in [6.07, 6.45) is 3.60. The van der Waals surface area contributed by atoms with Gasteiger partial charge in [0.1, 0.15) is 0 Å². The Morgan fingerprint density at radius 1 is 1.20 bits per heavy atom. The van der Waals surface area contributed by atoms with Gasteiger partial charge in [-0.15, -0.1) is 0 Å². The highest BCUT2D eigenvalue weighted by molar-refractivity contribution is 5.69. The first-order valence-corrected chi connectivity index (χ1v) is 5.87. The predicted octanol–water partition coefficient (Wildman–Crippen LogP) is 4.54. The third-order valence-electron chi connectivity index (χ3n) is 3.51. The molecule has 0 saturated heterocycles. The van der Waals surface area contributed by atoms with Gasteiger partial charge >= 0.3 is 0 Å². The highest BCUT2D eigenvalue weighted by Crippen LogP contribution is 2.38. The second kappa shape index (κ2) is 3.84. The molecule has 0 radical (unpaired) electrons. The first kappa shape index (κ1) is 10.5. The summed E-state index contributed by atoms with van der Waals surface area (Å²) in [5.41, 5.74) is 5.85. The molecule has 0 heterocycles. The minimum atomic E-state index is 0.712. The molecule has 0 saturated carbocycles. The predicted molar refractivity (Wildman–Crippen MR) is 67.0 cm³/mol. The van der Waals surface area contributed by atoms with E-state index in [1.54, 1.807) is 5.56 Å². The number of hydrogen-bond donors (Lipinski definition) is 0. The zero-order valence-corrected chi connectivity index (χ0v) is 10.2. The number of fused-ring (bicyclic) bond motifs is 1. The van der Waals surface area contributed by atoms with Gasteiger partial charge in [-0.05, 0) is 48.8 Å². The smallest absolute Gasteiger partial charge is 0.00980 e. The van der Waals surface area contributed by atoms with E-state index in [-0.39, 0.29) is 0 Å². The molecular formula is C15H20. The first-order valence-electron chi connectivity index (χ1n) is 5.87. The Balaban J connectivity index is 2.53. The van der Waals surface area contributed by atoms with Crippen LogP contribution in [0.2, 0.25) is 0 Å². The van der Waals surface area contributed by atoms with E-state index < -0.39 is 0 Å². The van der Waals surface area contributed by atoms with Gasteiger partial charge in [0.25, 0.3) is 0 Å². The van der Waals surface area contributed by atoms with E-state index in [0.717, 1.165) is 5.92 Å². The first-order chi connectivity index (χ1) is 7.09. The highest BCUT2D eigenvalue weighted by atomic mass is 14.3. The zero-order valence-electron chi connectivity index (χ0n) is 10.2. The van der Waals surface area contributed by atoms with Gasteiger partial charge in [0, 0.05) is 0 Å². The fourth-order valence-electron chi connectivity index (χ4n) is 2.52. The van der Waals surface area contributed by atoms with Crippen molar-refractivity contribution in [3.8, 4) is 0 Å². The van der Waals surface area contributed by atoms with Crippen molar-refractivity contribution in [2.24, 2.45) is 5.92 Å². The van der Waals surface area contributed by atoms with E-state index >= 15 is 0 Å². The van der Waals surface area contributed by atoms with Gasteiger partial charge in [0.2, 0.25) is 0 Å². The minimum Gasteiger partial charge on any atom is -0.0804 e. The molecule has 80 valence electrons. The van der Waals surface area contributed by atoms with E-state index in [4.69, 9.17) is 0 Å². The van der Waals surface area contributed by atoms with Crippen LogP contribution in [0.15, 0.2) is 24.3 Å². The summed E-state index contributed by atoms with van der Waals surface area (Å²) in [6.45, 7) is 9.06. The standard InChI is InChI=1S/C15H20/c1-10(2)13-8-6-12(4)14-7-5-11(3)9-15(13)14/h5-7,9-10,13H,8H2,1-4H3/t13-/m0/s1. The zero-order chi connectivity index (χ0) is 11.0. The van der Waals surface area contributed by atoms with Gasteiger partial charge in [-0.25, -0.2) is 0 Å². The largest absolute Gasteiger partial charge is 0.0804 e. The Bertz CT molecular complexity index is 396. The van der Waals surface area contributed by atoms with Crippen LogP contribution in [0.3, 0.4) is 0 Å². The Morgan fingerprint density at radius 2 is 1.93 bits per heavy atom. The average molecular weight is 200 g/mol. The molecule has 1 aromatic carbocycles. The van der Waals surface area contributed by atoms with Gasteiger partial charge in [0.15, 0.2) is 0 Å². The van der Waals surface area contributed by atoms with Crippen LogP contribution < -0.4 is 0 Å². The Labute approximate surface area is 93.0 Å². The van der Waals surface area contributed by atoms with Crippen LogP contribution in [-0.2, 0) is 0 Å². The third kappa shape index (κ3) is 1.86. The molecule has 1 aliphatic rings. The summed E-state index contributed by atoms with van der Waals surface area (Å²) in [5.74, 6) is 1.44. The summed E-state index contributed by atoms with van der Waals surface area (Å²) in [6, 6.07) is 6.88.